The van der Waals surface area contributed by atoms with E-state index >= 15 is 0 Å². The number of nitrogens with zero attached hydrogens (tertiary/aromatic N) is 2. The number of alkyl halides is 3. The van der Waals surface area contributed by atoms with E-state index in [0.717, 1.165) is 0 Å². The van der Waals surface area contributed by atoms with E-state index in [1.807, 2.05) is 0 Å². The number of rotatable bonds is 4. The molecule has 1 aromatic rings. The summed E-state index contributed by atoms with van der Waals surface area (Å²) in [5, 5.41) is 3.63. The van der Waals surface area contributed by atoms with Gasteiger partial charge in [-0.05, 0) is 12.8 Å². The Morgan fingerprint density at radius 1 is 1.47 bits per heavy atom. The molecule has 0 bridgehead atoms. The van der Waals surface area contributed by atoms with Crippen molar-refractivity contribution in [2.24, 2.45) is 0 Å². The van der Waals surface area contributed by atoms with E-state index in [2.05, 4.69) is 5.10 Å². The van der Waals surface area contributed by atoms with Gasteiger partial charge in [-0.2, -0.15) is 18.3 Å². The average Bonchev–Trinajstić information content (AvgIpc) is 2.54. The molecule has 108 valence electrons. The summed E-state index contributed by atoms with van der Waals surface area (Å²) in [6, 6.07) is 0. The first-order valence-corrected chi connectivity index (χ1v) is 5.77. The molecule has 8 heteroatoms. The molecule has 0 amide bonds. The Labute approximate surface area is 108 Å². The van der Waals surface area contributed by atoms with Crippen LogP contribution in [0.2, 0.25) is 0 Å². The van der Waals surface area contributed by atoms with Crippen molar-refractivity contribution in [2.45, 2.75) is 39.4 Å². The van der Waals surface area contributed by atoms with E-state index in [-0.39, 0.29) is 29.6 Å². The van der Waals surface area contributed by atoms with Crippen molar-refractivity contribution in [2.75, 3.05) is 12.3 Å². The summed E-state index contributed by atoms with van der Waals surface area (Å²) in [6.07, 6.45) is -4.46. The van der Waals surface area contributed by atoms with E-state index in [1.165, 1.54) is 0 Å². The Bertz CT molecular complexity index is 466. The minimum absolute atomic E-state index is 0.113. The molecule has 19 heavy (non-hydrogen) atoms. The van der Waals surface area contributed by atoms with Gasteiger partial charge in [0.05, 0.1) is 6.61 Å². The van der Waals surface area contributed by atoms with Gasteiger partial charge >= 0.3 is 12.1 Å². The highest BCUT2D eigenvalue weighted by Gasteiger charge is 2.32. The lowest BCUT2D eigenvalue weighted by Crippen LogP contribution is -2.20. The number of carbonyl (C=O) groups excluding carboxylic acids is 1. The smallest absolute Gasteiger partial charge is 0.408 e. The minimum Gasteiger partial charge on any atom is -0.461 e. The predicted octanol–water partition coefficient (Wildman–Crippen LogP) is 2.33. The van der Waals surface area contributed by atoms with Crippen LogP contribution in [0.1, 0.15) is 42.7 Å². The lowest BCUT2D eigenvalue weighted by Gasteiger charge is -2.09. The van der Waals surface area contributed by atoms with Gasteiger partial charge in [0.1, 0.15) is 12.4 Å². The van der Waals surface area contributed by atoms with Gasteiger partial charge in [0.2, 0.25) is 0 Å². The van der Waals surface area contributed by atoms with Crippen LogP contribution in [0.3, 0.4) is 0 Å². The third kappa shape index (κ3) is 3.62. The number of ether oxygens (including phenoxy) is 1. The molecule has 0 aromatic carbocycles. The maximum Gasteiger partial charge on any atom is 0.408 e. The van der Waals surface area contributed by atoms with E-state index in [4.69, 9.17) is 10.5 Å². The molecule has 1 aromatic heterocycles. The summed E-state index contributed by atoms with van der Waals surface area (Å²) in [7, 11) is 0. The van der Waals surface area contributed by atoms with Gasteiger partial charge in [0, 0.05) is 5.56 Å². The van der Waals surface area contributed by atoms with Crippen LogP contribution in [-0.4, -0.2) is 28.5 Å². The molecule has 0 aliphatic carbocycles. The SMILES string of the molecule is CCOC(=O)c1nn(CC(F)(F)F)c(N)c1C(C)C. The molecule has 0 saturated carbocycles. The fraction of sp³-hybridized carbons (Fsp3) is 0.636. The molecule has 1 heterocycles. The summed E-state index contributed by atoms with van der Waals surface area (Å²) >= 11 is 0. The van der Waals surface area contributed by atoms with Gasteiger partial charge in [-0.15, -0.1) is 0 Å². The first-order valence-electron chi connectivity index (χ1n) is 5.77. The molecule has 0 fully saturated rings. The maximum absolute atomic E-state index is 12.4. The Kier molecular flexibility index (Phi) is 4.43. The number of nitrogen functional groups attached to an aromatic ring is 1. The number of halogens is 3. The third-order valence-corrected chi connectivity index (χ3v) is 2.41. The van der Waals surface area contributed by atoms with Gasteiger partial charge in [-0.3, -0.25) is 0 Å². The lowest BCUT2D eigenvalue weighted by molar-refractivity contribution is -0.142. The number of hydrogen-bond donors (Lipinski definition) is 1. The van der Waals surface area contributed by atoms with Crippen LogP contribution in [0, 0.1) is 0 Å². The molecule has 2 N–H and O–H groups in total. The summed E-state index contributed by atoms with van der Waals surface area (Å²) in [5.41, 5.74) is 5.77. The highest BCUT2D eigenvalue weighted by Crippen LogP contribution is 2.28. The number of aromatic nitrogens is 2. The number of anilines is 1. The molecule has 1 rings (SSSR count). The zero-order valence-corrected chi connectivity index (χ0v) is 10.9. The quantitative estimate of drug-likeness (QED) is 0.859. The van der Waals surface area contributed by atoms with Gasteiger partial charge in [0.15, 0.2) is 5.69 Å². The van der Waals surface area contributed by atoms with Crippen LogP contribution < -0.4 is 5.73 Å². The molecular weight excluding hydrogens is 263 g/mol. The summed E-state index contributed by atoms with van der Waals surface area (Å²) < 4.78 is 42.5. The van der Waals surface area contributed by atoms with Gasteiger partial charge in [-0.1, -0.05) is 13.8 Å². The van der Waals surface area contributed by atoms with E-state index in [1.54, 1.807) is 20.8 Å². The second-order valence-electron chi connectivity index (χ2n) is 4.30. The van der Waals surface area contributed by atoms with Gasteiger partial charge in [-0.25, -0.2) is 9.48 Å². The zero-order valence-electron chi connectivity index (χ0n) is 10.9. The lowest BCUT2D eigenvalue weighted by atomic mass is 10.0. The maximum atomic E-state index is 12.4. The molecule has 0 aliphatic heterocycles. The Hall–Kier alpha value is -1.73. The molecule has 0 saturated heterocycles. The molecule has 0 atom stereocenters. The van der Waals surface area contributed by atoms with Crippen LogP contribution in [0.25, 0.3) is 0 Å². The van der Waals surface area contributed by atoms with Crippen molar-refractivity contribution in [3.05, 3.63) is 11.3 Å². The monoisotopic (exact) mass is 279 g/mol. The van der Waals surface area contributed by atoms with E-state index < -0.39 is 18.7 Å². The van der Waals surface area contributed by atoms with Crippen LogP contribution in [0.4, 0.5) is 19.0 Å². The normalized spacial score (nSPS) is 11.9. The molecular formula is C11H16F3N3O2. The number of esters is 1. The fourth-order valence-electron chi connectivity index (χ4n) is 1.70. The van der Waals surface area contributed by atoms with E-state index in [0.29, 0.717) is 4.68 Å². The molecule has 0 radical (unpaired) electrons. The Morgan fingerprint density at radius 3 is 2.47 bits per heavy atom. The summed E-state index contributed by atoms with van der Waals surface area (Å²) in [6.45, 7) is 3.81. The molecule has 5 nitrogen and oxygen atoms in total. The number of nitrogens with two attached hydrogens (primary N) is 1. The zero-order chi connectivity index (χ0) is 14.8. The average molecular weight is 279 g/mol. The molecule has 0 unspecified atom stereocenters. The highest BCUT2D eigenvalue weighted by molar-refractivity contribution is 5.90. The second-order valence-corrected chi connectivity index (χ2v) is 4.30. The summed E-state index contributed by atoms with van der Waals surface area (Å²) in [5.74, 6) is -1.16. The van der Waals surface area contributed by atoms with Crippen molar-refractivity contribution in [3.8, 4) is 0 Å². The van der Waals surface area contributed by atoms with Crippen LogP contribution in [0.15, 0.2) is 0 Å². The Morgan fingerprint density at radius 2 is 2.05 bits per heavy atom. The van der Waals surface area contributed by atoms with Crippen molar-refractivity contribution >= 4 is 11.8 Å². The highest BCUT2D eigenvalue weighted by atomic mass is 19.4. The van der Waals surface area contributed by atoms with Gasteiger partial charge < -0.3 is 10.5 Å². The molecule has 0 spiro atoms. The number of carbonyl (C=O) groups is 1. The second kappa shape index (κ2) is 5.50. The van der Waals surface area contributed by atoms with E-state index in [9.17, 15) is 18.0 Å². The van der Waals surface area contributed by atoms with Crippen molar-refractivity contribution in [1.29, 1.82) is 0 Å². The van der Waals surface area contributed by atoms with Crippen molar-refractivity contribution in [1.82, 2.24) is 9.78 Å². The standard InChI is InChI=1S/C11H16F3N3O2/c1-4-19-10(18)8-7(6(2)3)9(15)17(16-8)5-11(12,13)14/h6H,4-5,15H2,1-3H3. The summed E-state index contributed by atoms with van der Waals surface area (Å²) in [4.78, 5) is 11.7. The first kappa shape index (κ1) is 15.3. The fourth-order valence-corrected chi connectivity index (χ4v) is 1.70. The third-order valence-electron chi connectivity index (χ3n) is 2.41. The van der Waals surface area contributed by atoms with Gasteiger partial charge in [0.25, 0.3) is 0 Å². The van der Waals surface area contributed by atoms with Crippen LogP contribution in [-0.2, 0) is 11.3 Å². The predicted molar refractivity (Wildman–Crippen MR) is 62.7 cm³/mol. The van der Waals surface area contributed by atoms with Crippen LogP contribution >= 0.6 is 0 Å². The topological polar surface area (TPSA) is 70.1 Å². The molecule has 0 aliphatic rings. The Balaban J connectivity index is 3.23. The first-order chi connectivity index (χ1) is 8.67. The van der Waals surface area contributed by atoms with Crippen molar-refractivity contribution in [3.63, 3.8) is 0 Å². The van der Waals surface area contributed by atoms with Crippen molar-refractivity contribution < 1.29 is 22.7 Å². The minimum atomic E-state index is -4.46. The number of hydrogen-bond acceptors (Lipinski definition) is 4. The van der Waals surface area contributed by atoms with Crippen LogP contribution in [0.5, 0.6) is 0 Å². The largest absolute Gasteiger partial charge is 0.461 e.